The molecule has 3 rings (SSSR count). The Morgan fingerprint density at radius 3 is 1.35 bits per heavy atom. The first kappa shape index (κ1) is 20.5. The molecule has 1 saturated carbocycles. The van der Waals surface area contributed by atoms with Gasteiger partial charge in [-0.05, 0) is 49.9 Å². The molecule has 2 heterocycles. The average molecular weight is 475 g/mol. The Labute approximate surface area is 170 Å². The molecule has 0 spiro atoms. The van der Waals surface area contributed by atoms with Crippen molar-refractivity contribution in [1.29, 1.82) is 0 Å². The van der Waals surface area contributed by atoms with Gasteiger partial charge in [0.1, 0.15) is 8.42 Å². The first-order valence-electron chi connectivity index (χ1n) is 7.71. The van der Waals surface area contributed by atoms with Crippen molar-refractivity contribution < 1.29 is 16.8 Å². The maximum atomic E-state index is 12.3. The quantitative estimate of drug-likeness (QED) is 0.667. The lowest BCUT2D eigenvalue weighted by molar-refractivity contribution is 0.356. The Morgan fingerprint density at radius 2 is 1.08 bits per heavy atom. The molecule has 0 aromatic carbocycles. The van der Waals surface area contributed by atoms with Gasteiger partial charge in [0.2, 0.25) is 20.0 Å². The van der Waals surface area contributed by atoms with Crippen LogP contribution in [0, 0.1) is 0 Å². The molecule has 1 aliphatic carbocycles. The fraction of sp³-hybridized carbons (Fsp3) is 0.429. The Hall–Kier alpha value is -0.200. The van der Waals surface area contributed by atoms with Gasteiger partial charge in [0.15, 0.2) is 0 Å². The summed E-state index contributed by atoms with van der Waals surface area (Å²) < 4.78 is 55.9. The smallest absolute Gasteiger partial charge is 0.207 e. The average Bonchev–Trinajstić information content (AvgIpc) is 3.18. The molecule has 0 atom stereocenters. The van der Waals surface area contributed by atoms with Crippen LogP contribution in [0.15, 0.2) is 32.7 Å². The minimum atomic E-state index is -3.60. The van der Waals surface area contributed by atoms with Gasteiger partial charge in [0, 0.05) is 12.1 Å². The van der Waals surface area contributed by atoms with E-state index in [0.717, 1.165) is 22.7 Å². The van der Waals surface area contributed by atoms with Gasteiger partial charge in [0.25, 0.3) is 0 Å². The summed E-state index contributed by atoms with van der Waals surface area (Å²) in [4.78, 5) is 0. The summed E-state index contributed by atoms with van der Waals surface area (Å²) in [6.45, 7) is 0. The molecule has 0 amide bonds. The second kappa shape index (κ2) is 8.04. The Morgan fingerprint density at radius 1 is 0.731 bits per heavy atom. The Kier molecular flexibility index (Phi) is 6.35. The van der Waals surface area contributed by atoms with Crippen LogP contribution in [-0.4, -0.2) is 28.9 Å². The van der Waals surface area contributed by atoms with Gasteiger partial charge in [-0.25, -0.2) is 26.3 Å². The minimum absolute atomic E-state index is 0.180. The fourth-order valence-corrected chi connectivity index (χ4v) is 8.38. The molecule has 0 radical (unpaired) electrons. The van der Waals surface area contributed by atoms with Gasteiger partial charge in [-0.2, -0.15) is 0 Å². The molecule has 2 N–H and O–H groups in total. The number of halogens is 2. The normalized spacial score (nSPS) is 21.8. The molecule has 1 aliphatic rings. The van der Waals surface area contributed by atoms with Crippen LogP contribution >= 0.6 is 45.9 Å². The monoisotopic (exact) mass is 474 g/mol. The van der Waals surface area contributed by atoms with Crippen LogP contribution in [0.2, 0.25) is 8.67 Å². The van der Waals surface area contributed by atoms with Gasteiger partial charge in [-0.15, -0.1) is 22.7 Å². The van der Waals surface area contributed by atoms with Crippen LogP contribution < -0.4 is 9.44 Å². The van der Waals surface area contributed by atoms with Gasteiger partial charge in [-0.3, -0.25) is 0 Å². The van der Waals surface area contributed by atoms with Gasteiger partial charge in [-0.1, -0.05) is 23.2 Å². The molecule has 0 saturated heterocycles. The molecule has 26 heavy (non-hydrogen) atoms. The molecule has 2 aromatic rings. The minimum Gasteiger partial charge on any atom is -0.207 e. The van der Waals surface area contributed by atoms with Crippen molar-refractivity contribution >= 4 is 65.9 Å². The van der Waals surface area contributed by atoms with Crippen molar-refractivity contribution in [1.82, 2.24) is 9.44 Å². The molecule has 6 nitrogen and oxygen atoms in total. The lowest BCUT2D eigenvalue weighted by Gasteiger charge is -2.29. The largest absolute Gasteiger partial charge is 0.250 e. The zero-order chi connectivity index (χ0) is 18.9. The van der Waals surface area contributed by atoms with E-state index < -0.39 is 20.0 Å². The zero-order valence-electron chi connectivity index (χ0n) is 13.3. The first-order valence-corrected chi connectivity index (χ1v) is 13.1. The third-order valence-electron chi connectivity index (χ3n) is 4.00. The third-order valence-corrected chi connectivity index (χ3v) is 10.5. The SMILES string of the molecule is O=S(=O)(NC1CCC(NS(=O)(=O)c2ccc(Cl)s2)CC1)c1ccc(Cl)s1. The topological polar surface area (TPSA) is 92.3 Å². The van der Waals surface area contributed by atoms with Gasteiger partial charge in [0.05, 0.1) is 8.67 Å². The van der Waals surface area contributed by atoms with Gasteiger partial charge < -0.3 is 0 Å². The maximum absolute atomic E-state index is 12.3. The lowest BCUT2D eigenvalue weighted by atomic mass is 9.92. The summed E-state index contributed by atoms with van der Waals surface area (Å²) in [5, 5.41) is 0. The number of rotatable bonds is 6. The van der Waals surface area contributed by atoms with Crippen molar-refractivity contribution in [2.24, 2.45) is 0 Å². The van der Waals surface area contributed by atoms with Crippen molar-refractivity contribution in [3.63, 3.8) is 0 Å². The molecule has 2 aromatic heterocycles. The predicted molar refractivity (Wildman–Crippen MR) is 105 cm³/mol. The highest BCUT2D eigenvalue weighted by Gasteiger charge is 2.29. The zero-order valence-corrected chi connectivity index (χ0v) is 18.1. The Balaban J connectivity index is 1.56. The van der Waals surface area contributed by atoms with Crippen LogP contribution in [-0.2, 0) is 20.0 Å². The van der Waals surface area contributed by atoms with Crippen molar-refractivity contribution in [3.05, 3.63) is 32.9 Å². The van der Waals surface area contributed by atoms with Gasteiger partial charge >= 0.3 is 0 Å². The van der Waals surface area contributed by atoms with E-state index in [1.54, 1.807) is 12.1 Å². The molecule has 12 heteroatoms. The third kappa shape index (κ3) is 4.99. The summed E-state index contributed by atoms with van der Waals surface area (Å²) in [6.07, 6.45) is 2.21. The molecule has 1 fully saturated rings. The molecular weight excluding hydrogens is 459 g/mol. The molecule has 0 aliphatic heterocycles. The van der Waals surface area contributed by atoms with Crippen molar-refractivity contribution in [2.75, 3.05) is 0 Å². The van der Waals surface area contributed by atoms with E-state index >= 15 is 0 Å². The number of sulfonamides is 2. The van der Waals surface area contributed by atoms with E-state index in [1.165, 1.54) is 12.1 Å². The number of hydrogen-bond donors (Lipinski definition) is 2. The number of nitrogens with one attached hydrogen (secondary N) is 2. The highest BCUT2D eigenvalue weighted by Crippen LogP contribution is 2.29. The highest BCUT2D eigenvalue weighted by molar-refractivity contribution is 7.92. The Bertz CT molecular complexity index is 896. The van der Waals surface area contributed by atoms with Crippen molar-refractivity contribution in [2.45, 2.75) is 46.2 Å². The summed E-state index contributed by atoms with van der Waals surface area (Å²) >= 11 is 13.6. The molecule has 0 unspecified atom stereocenters. The van der Waals surface area contributed by atoms with Crippen LogP contribution in [0.4, 0.5) is 0 Å². The predicted octanol–water partition coefficient (Wildman–Crippen LogP) is 3.68. The van der Waals surface area contributed by atoms with Crippen LogP contribution in [0.1, 0.15) is 25.7 Å². The van der Waals surface area contributed by atoms with E-state index in [1.807, 2.05) is 0 Å². The van der Waals surface area contributed by atoms with Crippen LogP contribution in [0.25, 0.3) is 0 Å². The summed E-state index contributed by atoms with van der Waals surface area (Å²) in [5.41, 5.74) is 0. The van der Waals surface area contributed by atoms with E-state index in [0.29, 0.717) is 34.4 Å². The van der Waals surface area contributed by atoms with E-state index in [-0.39, 0.29) is 20.5 Å². The molecule has 144 valence electrons. The second-order valence-electron chi connectivity index (χ2n) is 5.91. The van der Waals surface area contributed by atoms with Crippen molar-refractivity contribution in [3.8, 4) is 0 Å². The number of thiophene rings is 2. The van der Waals surface area contributed by atoms with E-state index in [4.69, 9.17) is 23.2 Å². The summed E-state index contributed by atoms with van der Waals surface area (Å²) in [5.74, 6) is 0. The maximum Gasteiger partial charge on any atom is 0.250 e. The second-order valence-corrected chi connectivity index (χ2v) is 13.2. The van der Waals surface area contributed by atoms with Crippen LogP contribution in [0.3, 0.4) is 0 Å². The molecular formula is C14H16Cl2N2O4S4. The standard InChI is InChI=1S/C14H16Cl2N2O4S4/c15-11-5-7-13(23-11)25(19,20)17-9-1-2-10(4-3-9)18-26(21,22)14-8-6-12(16)24-14/h5-10,17-18H,1-4H2. The fourth-order valence-electron chi connectivity index (χ4n) is 2.77. The summed E-state index contributed by atoms with van der Waals surface area (Å²) in [7, 11) is -7.20. The molecule has 0 bridgehead atoms. The first-order chi connectivity index (χ1) is 12.2. The summed E-state index contributed by atoms with van der Waals surface area (Å²) in [6, 6.07) is 5.59. The highest BCUT2D eigenvalue weighted by atomic mass is 35.5. The van der Waals surface area contributed by atoms with E-state index in [9.17, 15) is 16.8 Å². The van der Waals surface area contributed by atoms with E-state index in [2.05, 4.69) is 9.44 Å². The lowest BCUT2D eigenvalue weighted by Crippen LogP contribution is -2.43. The number of hydrogen-bond acceptors (Lipinski definition) is 6. The van der Waals surface area contributed by atoms with Crippen LogP contribution in [0.5, 0.6) is 0 Å².